The van der Waals surface area contributed by atoms with Crippen molar-refractivity contribution in [1.29, 1.82) is 10.5 Å². The van der Waals surface area contributed by atoms with Crippen molar-refractivity contribution in [3.05, 3.63) is 65.6 Å². The first-order valence-corrected chi connectivity index (χ1v) is 8.07. The largest absolute Gasteiger partial charge is 0.468 e. The number of nitrogens with zero attached hydrogens (tertiary/aromatic N) is 3. The van der Waals surface area contributed by atoms with Gasteiger partial charge >= 0.3 is 0 Å². The maximum Gasteiger partial charge on any atom is 0.143 e. The first kappa shape index (κ1) is 15.7. The minimum absolute atomic E-state index is 0.122. The van der Waals surface area contributed by atoms with Crippen molar-refractivity contribution in [2.75, 3.05) is 5.73 Å². The fourth-order valence-corrected chi connectivity index (χ4v) is 3.23. The molecule has 116 valence electrons. The number of thioether (sulfide) groups is 1. The molecule has 0 spiro atoms. The first-order chi connectivity index (χ1) is 11.7. The number of hydrogen-bond donors (Lipinski definition) is 1. The van der Waals surface area contributed by atoms with Gasteiger partial charge < -0.3 is 10.2 Å². The van der Waals surface area contributed by atoms with E-state index in [4.69, 9.17) is 10.2 Å². The lowest BCUT2D eigenvalue weighted by atomic mass is 9.97. The Bertz CT molecular complexity index is 938. The van der Waals surface area contributed by atoms with E-state index < -0.39 is 0 Å². The molecule has 0 atom stereocenters. The Balaban J connectivity index is 2.12. The molecule has 0 aliphatic heterocycles. The molecule has 0 aliphatic rings. The molecule has 2 aromatic heterocycles. The smallest absolute Gasteiger partial charge is 0.143 e. The summed E-state index contributed by atoms with van der Waals surface area (Å²) in [6, 6.07) is 17.2. The van der Waals surface area contributed by atoms with E-state index in [1.807, 2.05) is 36.4 Å². The van der Waals surface area contributed by atoms with Crippen LogP contribution in [0.25, 0.3) is 11.1 Å². The van der Waals surface area contributed by atoms with Crippen molar-refractivity contribution in [3.63, 3.8) is 0 Å². The van der Waals surface area contributed by atoms with E-state index in [0.29, 0.717) is 21.9 Å². The lowest BCUT2D eigenvalue weighted by molar-refractivity contribution is 0.530. The van der Waals surface area contributed by atoms with Crippen LogP contribution >= 0.6 is 11.8 Å². The molecule has 0 fully saturated rings. The number of furan rings is 1. The summed E-state index contributed by atoms with van der Waals surface area (Å²) in [6.07, 6.45) is 1.59. The molecule has 0 amide bonds. The number of nitriles is 2. The lowest BCUT2D eigenvalue weighted by Crippen LogP contribution is -2.03. The van der Waals surface area contributed by atoms with Crippen LogP contribution in [0.3, 0.4) is 0 Å². The molecule has 6 heteroatoms. The first-order valence-electron chi connectivity index (χ1n) is 7.09. The standard InChI is InChI=1S/C18H12N4OS/c19-9-14-16(12-5-2-1-3-6-12)15(10-20)18(22-17(14)21)24-11-13-7-4-8-23-13/h1-8H,11H2,(H2,21,22). The Morgan fingerprint density at radius 3 is 2.42 bits per heavy atom. The zero-order valence-electron chi connectivity index (χ0n) is 12.6. The van der Waals surface area contributed by atoms with Crippen LogP contribution in [0, 0.1) is 22.7 Å². The zero-order valence-corrected chi connectivity index (χ0v) is 13.4. The Morgan fingerprint density at radius 2 is 1.79 bits per heavy atom. The van der Waals surface area contributed by atoms with E-state index in [9.17, 15) is 10.5 Å². The van der Waals surface area contributed by atoms with Crippen molar-refractivity contribution >= 4 is 17.6 Å². The highest BCUT2D eigenvalue weighted by Gasteiger charge is 2.20. The van der Waals surface area contributed by atoms with Gasteiger partial charge in [0.15, 0.2) is 0 Å². The van der Waals surface area contributed by atoms with E-state index in [-0.39, 0.29) is 11.4 Å². The van der Waals surface area contributed by atoms with Crippen molar-refractivity contribution in [1.82, 2.24) is 4.98 Å². The molecule has 24 heavy (non-hydrogen) atoms. The summed E-state index contributed by atoms with van der Waals surface area (Å²) in [5.41, 5.74) is 7.82. The van der Waals surface area contributed by atoms with E-state index in [2.05, 4.69) is 17.1 Å². The summed E-state index contributed by atoms with van der Waals surface area (Å²) in [5, 5.41) is 19.6. The van der Waals surface area contributed by atoms with Crippen LogP contribution in [0.2, 0.25) is 0 Å². The van der Waals surface area contributed by atoms with Crippen LogP contribution in [-0.2, 0) is 5.75 Å². The maximum absolute atomic E-state index is 9.65. The maximum atomic E-state index is 9.65. The summed E-state index contributed by atoms with van der Waals surface area (Å²) >= 11 is 1.35. The molecule has 0 bridgehead atoms. The molecule has 1 aromatic carbocycles. The van der Waals surface area contributed by atoms with E-state index in [1.165, 1.54) is 11.8 Å². The van der Waals surface area contributed by atoms with Crippen molar-refractivity contribution in [2.24, 2.45) is 0 Å². The van der Waals surface area contributed by atoms with Crippen LogP contribution in [-0.4, -0.2) is 4.98 Å². The van der Waals surface area contributed by atoms with Gasteiger partial charge in [-0.3, -0.25) is 0 Å². The molecule has 0 saturated carbocycles. The van der Waals surface area contributed by atoms with Gasteiger partial charge in [0, 0.05) is 5.56 Å². The second-order valence-corrected chi connectivity index (χ2v) is 5.85. The summed E-state index contributed by atoms with van der Waals surface area (Å²) in [4.78, 5) is 4.25. The molecule has 0 radical (unpaired) electrons. The fourth-order valence-electron chi connectivity index (χ4n) is 2.33. The van der Waals surface area contributed by atoms with Crippen LogP contribution in [0.4, 0.5) is 5.82 Å². The minimum Gasteiger partial charge on any atom is -0.468 e. The van der Waals surface area contributed by atoms with Gasteiger partial charge in [0.2, 0.25) is 0 Å². The highest BCUT2D eigenvalue weighted by molar-refractivity contribution is 7.98. The van der Waals surface area contributed by atoms with Crippen molar-refractivity contribution in [2.45, 2.75) is 10.8 Å². The van der Waals surface area contributed by atoms with Gasteiger partial charge in [-0.05, 0) is 17.7 Å². The number of rotatable bonds is 4. The second kappa shape index (κ2) is 6.91. The molecule has 5 nitrogen and oxygen atoms in total. The van der Waals surface area contributed by atoms with Gasteiger partial charge in [-0.2, -0.15) is 10.5 Å². The summed E-state index contributed by atoms with van der Waals surface area (Å²) in [5.74, 6) is 1.42. The summed E-state index contributed by atoms with van der Waals surface area (Å²) in [6.45, 7) is 0. The average Bonchev–Trinajstić information content (AvgIpc) is 3.13. The fraction of sp³-hybridized carbons (Fsp3) is 0.0556. The number of benzene rings is 1. The molecule has 0 saturated heterocycles. The Labute approximate surface area is 143 Å². The van der Waals surface area contributed by atoms with E-state index in [0.717, 1.165) is 11.3 Å². The number of hydrogen-bond acceptors (Lipinski definition) is 6. The number of anilines is 1. The molecule has 2 N–H and O–H groups in total. The van der Waals surface area contributed by atoms with E-state index >= 15 is 0 Å². The number of pyridine rings is 1. The number of nitrogen functional groups attached to an aromatic ring is 1. The Morgan fingerprint density at radius 1 is 1.04 bits per heavy atom. The predicted molar refractivity (Wildman–Crippen MR) is 91.8 cm³/mol. The van der Waals surface area contributed by atoms with Gasteiger partial charge in [0.25, 0.3) is 0 Å². The zero-order chi connectivity index (χ0) is 16.9. The summed E-state index contributed by atoms with van der Waals surface area (Å²) < 4.78 is 5.30. The van der Waals surface area contributed by atoms with Crippen LogP contribution in [0.1, 0.15) is 16.9 Å². The van der Waals surface area contributed by atoms with Gasteiger partial charge in [-0.15, -0.1) is 0 Å². The highest BCUT2D eigenvalue weighted by Crippen LogP contribution is 2.36. The minimum atomic E-state index is 0.122. The summed E-state index contributed by atoms with van der Waals surface area (Å²) in [7, 11) is 0. The third-order valence-electron chi connectivity index (χ3n) is 3.41. The third-order valence-corrected chi connectivity index (χ3v) is 4.41. The quantitative estimate of drug-likeness (QED) is 0.726. The predicted octanol–water partition coefficient (Wildman–Crippen LogP) is 3.96. The number of aromatic nitrogens is 1. The normalized spacial score (nSPS) is 10.1. The molecule has 2 heterocycles. The SMILES string of the molecule is N#Cc1c(N)nc(SCc2ccco2)c(C#N)c1-c1ccccc1. The Hall–Kier alpha value is -3.22. The van der Waals surface area contributed by atoms with Gasteiger partial charge in [-0.25, -0.2) is 4.98 Å². The lowest BCUT2D eigenvalue weighted by Gasteiger charge is -2.12. The second-order valence-electron chi connectivity index (χ2n) is 4.88. The van der Waals surface area contributed by atoms with Crippen LogP contribution in [0.15, 0.2) is 58.2 Å². The molecule has 3 rings (SSSR count). The van der Waals surface area contributed by atoms with Gasteiger partial charge in [0.1, 0.15) is 34.3 Å². The average molecular weight is 332 g/mol. The molecule has 0 aliphatic carbocycles. The Kier molecular flexibility index (Phi) is 4.51. The molecular weight excluding hydrogens is 320 g/mol. The monoisotopic (exact) mass is 332 g/mol. The van der Waals surface area contributed by atoms with Crippen molar-refractivity contribution < 1.29 is 4.42 Å². The van der Waals surface area contributed by atoms with E-state index in [1.54, 1.807) is 12.3 Å². The highest BCUT2D eigenvalue weighted by atomic mass is 32.2. The van der Waals surface area contributed by atoms with Gasteiger partial charge in [-0.1, -0.05) is 42.1 Å². The molecular formula is C18H12N4OS. The third kappa shape index (κ3) is 2.96. The topological polar surface area (TPSA) is 99.6 Å². The molecule has 0 unspecified atom stereocenters. The van der Waals surface area contributed by atoms with Crippen LogP contribution in [0.5, 0.6) is 0 Å². The van der Waals surface area contributed by atoms with Crippen molar-refractivity contribution in [3.8, 4) is 23.3 Å². The molecule has 3 aromatic rings. The number of nitrogens with two attached hydrogens (primary N) is 1. The van der Waals surface area contributed by atoms with Crippen LogP contribution < -0.4 is 5.73 Å². The van der Waals surface area contributed by atoms with Gasteiger partial charge in [0.05, 0.1) is 17.6 Å².